The summed E-state index contributed by atoms with van der Waals surface area (Å²) in [6.45, 7) is 0.929. The lowest BCUT2D eigenvalue weighted by molar-refractivity contribution is 0.454. The van der Waals surface area contributed by atoms with Crippen LogP contribution >= 0.6 is 0 Å². The summed E-state index contributed by atoms with van der Waals surface area (Å²) in [6.07, 6.45) is 5.44. The molecular weight excluding hydrogens is 224 g/mol. The van der Waals surface area contributed by atoms with Crippen LogP contribution in [0.5, 0.6) is 0 Å². The van der Waals surface area contributed by atoms with Crippen molar-refractivity contribution >= 4 is 0 Å². The van der Waals surface area contributed by atoms with Crippen LogP contribution in [0.4, 0.5) is 0 Å². The molecule has 92 valence electrons. The topological polar surface area (TPSA) is 42.7 Å². The smallest absolute Gasteiger partial charge is 0.150 e. The zero-order valence-corrected chi connectivity index (χ0v) is 10.2. The minimum atomic E-state index is 0.308. The van der Waals surface area contributed by atoms with Gasteiger partial charge in [0.2, 0.25) is 0 Å². The molecule has 2 aliphatic rings. The number of benzene rings is 1. The fourth-order valence-corrected chi connectivity index (χ4v) is 2.77. The quantitative estimate of drug-likeness (QED) is 0.873. The van der Waals surface area contributed by atoms with Crippen molar-refractivity contribution in [3.63, 3.8) is 0 Å². The van der Waals surface area contributed by atoms with Gasteiger partial charge in [-0.15, -0.1) is 10.2 Å². The number of aromatic nitrogens is 3. The Morgan fingerprint density at radius 2 is 2.00 bits per heavy atom. The summed E-state index contributed by atoms with van der Waals surface area (Å²) in [5.41, 5.74) is 2.85. The highest BCUT2D eigenvalue weighted by atomic mass is 15.3. The summed E-state index contributed by atoms with van der Waals surface area (Å²) in [4.78, 5) is 0. The van der Waals surface area contributed by atoms with Crippen molar-refractivity contribution in [3.05, 3.63) is 47.5 Å². The maximum atomic E-state index is 4.32. The van der Waals surface area contributed by atoms with Gasteiger partial charge in [0.05, 0.1) is 6.04 Å². The van der Waals surface area contributed by atoms with E-state index in [9.17, 15) is 0 Å². The van der Waals surface area contributed by atoms with Crippen molar-refractivity contribution < 1.29 is 0 Å². The second-order valence-corrected chi connectivity index (χ2v) is 5.23. The molecule has 4 rings (SSSR count). The largest absolute Gasteiger partial charge is 0.313 e. The molecule has 0 spiro atoms. The van der Waals surface area contributed by atoms with Gasteiger partial charge in [-0.25, -0.2) is 0 Å². The van der Waals surface area contributed by atoms with Gasteiger partial charge in [-0.1, -0.05) is 24.3 Å². The van der Waals surface area contributed by atoms with E-state index < -0.39 is 0 Å². The van der Waals surface area contributed by atoms with Crippen LogP contribution in [0.3, 0.4) is 0 Å². The fourth-order valence-electron chi connectivity index (χ4n) is 2.77. The van der Waals surface area contributed by atoms with Crippen LogP contribution in [0.15, 0.2) is 30.6 Å². The van der Waals surface area contributed by atoms with Gasteiger partial charge in [-0.2, -0.15) is 0 Å². The number of hydrogen-bond donors (Lipinski definition) is 1. The lowest BCUT2D eigenvalue weighted by atomic mass is 9.95. The predicted octanol–water partition coefficient (Wildman–Crippen LogP) is 2.00. The summed E-state index contributed by atoms with van der Waals surface area (Å²) >= 11 is 0. The van der Waals surface area contributed by atoms with Crippen molar-refractivity contribution in [2.45, 2.75) is 37.9 Å². The van der Waals surface area contributed by atoms with Crippen LogP contribution in [0.1, 0.15) is 41.9 Å². The first-order chi connectivity index (χ1) is 8.92. The first kappa shape index (κ1) is 10.3. The molecule has 1 aliphatic carbocycles. The molecule has 1 atom stereocenters. The minimum Gasteiger partial charge on any atom is -0.313 e. The molecular formula is C14H16N4. The van der Waals surface area contributed by atoms with Gasteiger partial charge in [-0.3, -0.25) is 0 Å². The van der Waals surface area contributed by atoms with Gasteiger partial charge < -0.3 is 9.88 Å². The molecule has 1 saturated carbocycles. The number of fused-ring (bicyclic) bond motifs is 1. The summed E-state index contributed by atoms with van der Waals surface area (Å²) in [5.74, 6) is 1.10. The van der Waals surface area contributed by atoms with Crippen LogP contribution in [-0.2, 0) is 13.0 Å². The molecule has 1 aromatic heterocycles. The third kappa shape index (κ3) is 1.64. The number of nitrogens with zero attached hydrogens (tertiary/aromatic N) is 3. The first-order valence-corrected chi connectivity index (χ1v) is 6.61. The maximum absolute atomic E-state index is 4.32. The molecule has 18 heavy (non-hydrogen) atoms. The predicted molar refractivity (Wildman–Crippen MR) is 68.0 cm³/mol. The summed E-state index contributed by atoms with van der Waals surface area (Å²) < 4.78 is 2.26. The van der Waals surface area contributed by atoms with Crippen LogP contribution in [0, 0.1) is 0 Å². The highest BCUT2D eigenvalue weighted by molar-refractivity contribution is 5.30. The third-order valence-corrected chi connectivity index (χ3v) is 3.93. The second kappa shape index (κ2) is 3.92. The van der Waals surface area contributed by atoms with Gasteiger partial charge >= 0.3 is 0 Å². The highest BCUT2D eigenvalue weighted by Gasteiger charge is 2.30. The van der Waals surface area contributed by atoms with E-state index in [1.165, 1.54) is 24.0 Å². The molecule has 1 aromatic carbocycles. The van der Waals surface area contributed by atoms with Crippen molar-refractivity contribution in [2.24, 2.45) is 0 Å². The molecule has 0 amide bonds. The molecule has 1 N–H and O–H groups in total. The first-order valence-electron chi connectivity index (χ1n) is 6.61. The number of rotatable bonds is 2. The highest BCUT2D eigenvalue weighted by Crippen LogP contribution is 2.37. The van der Waals surface area contributed by atoms with E-state index in [2.05, 4.69) is 44.3 Å². The van der Waals surface area contributed by atoms with Gasteiger partial charge in [-0.05, 0) is 30.4 Å². The zero-order valence-electron chi connectivity index (χ0n) is 10.2. The van der Waals surface area contributed by atoms with Gasteiger partial charge in [0.25, 0.3) is 0 Å². The molecule has 4 heteroatoms. The van der Waals surface area contributed by atoms with Crippen LogP contribution < -0.4 is 5.32 Å². The number of nitrogens with one attached hydrogen (secondary N) is 1. The minimum absolute atomic E-state index is 0.308. The Kier molecular flexibility index (Phi) is 2.23. The van der Waals surface area contributed by atoms with E-state index in [1.807, 2.05) is 6.33 Å². The summed E-state index contributed by atoms with van der Waals surface area (Å²) in [5, 5.41) is 12.0. The van der Waals surface area contributed by atoms with Crippen LogP contribution in [-0.4, -0.2) is 14.8 Å². The Balaban J connectivity index is 1.65. The fraction of sp³-hybridized carbons (Fsp3) is 0.429. The van der Waals surface area contributed by atoms with E-state index in [1.54, 1.807) is 0 Å². The Morgan fingerprint density at radius 3 is 2.83 bits per heavy atom. The number of hydrogen-bond acceptors (Lipinski definition) is 3. The molecule has 2 aromatic rings. The third-order valence-electron chi connectivity index (χ3n) is 3.93. The van der Waals surface area contributed by atoms with Gasteiger partial charge in [0, 0.05) is 12.6 Å². The molecule has 0 saturated heterocycles. The zero-order chi connectivity index (χ0) is 11.9. The van der Waals surface area contributed by atoms with E-state index in [0.29, 0.717) is 12.1 Å². The Bertz CT molecular complexity index is 571. The van der Waals surface area contributed by atoms with Gasteiger partial charge in [0.1, 0.15) is 6.33 Å². The summed E-state index contributed by atoms with van der Waals surface area (Å²) in [7, 11) is 0. The van der Waals surface area contributed by atoms with Crippen molar-refractivity contribution in [1.29, 1.82) is 0 Å². The van der Waals surface area contributed by atoms with Gasteiger partial charge in [0.15, 0.2) is 5.82 Å². The van der Waals surface area contributed by atoms with Crippen molar-refractivity contribution in [1.82, 2.24) is 20.1 Å². The summed E-state index contributed by atoms with van der Waals surface area (Å²) in [6, 6.07) is 9.60. The van der Waals surface area contributed by atoms with E-state index in [-0.39, 0.29) is 0 Å². The second-order valence-electron chi connectivity index (χ2n) is 5.23. The van der Waals surface area contributed by atoms with Crippen molar-refractivity contribution in [3.8, 4) is 0 Å². The standard InChI is InChI=1S/C14H16N4/c1-2-4-11-8-15-13(7-10(11)3-1)14-17-16-9-18(14)12-5-6-12/h1-4,9,12-13,15H,5-8H2/t13-/m1/s1. The molecule has 0 radical (unpaired) electrons. The Labute approximate surface area is 106 Å². The average molecular weight is 240 g/mol. The van der Waals surface area contributed by atoms with E-state index >= 15 is 0 Å². The maximum Gasteiger partial charge on any atom is 0.150 e. The molecule has 4 nitrogen and oxygen atoms in total. The van der Waals surface area contributed by atoms with Crippen molar-refractivity contribution in [2.75, 3.05) is 0 Å². The molecule has 0 bridgehead atoms. The molecule has 1 fully saturated rings. The SMILES string of the molecule is c1ccc2c(c1)CN[C@@H](c1nncn1C1CC1)C2. The molecule has 1 aliphatic heterocycles. The Morgan fingerprint density at radius 1 is 1.17 bits per heavy atom. The molecule has 0 unspecified atom stereocenters. The van der Waals surface area contributed by atoms with E-state index in [4.69, 9.17) is 0 Å². The monoisotopic (exact) mass is 240 g/mol. The lowest BCUT2D eigenvalue weighted by Crippen LogP contribution is -2.30. The van der Waals surface area contributed by atoms with E-state index in [0.717, 1.165) is 18.8 Å². The normalized spacial score (nSPS) is 22.8. The average Bonchev–Trinajstić information content (AvgIpc) is 3.16. The lowest BCUT2D eigenvalue weighted by Gasteiger charge is -2.25. The Hall–Kier alpha value is -1.68. The van der Waals surface area contributed by atoms with Crippen LogP contribution in [0.25, 0.3) is 0 Å². The van der Waals surface area contributed by atoms with Crippen LogP contribution in [0.2, 0.25) is 0 Å². The molecule has 2 heterocycles.